The number of halogens is 2. The zero-order chi connectivity index (χ0) is 20.0. The minimum Gasteiger partial charge on any atom is -0.365 e. The van der Waals surface area contributed by atoms with Crippen molar-refractivity contribution in [1.29, 1.82) is 0 Å². The molecule has 1 aliphatic carbocycles. The quantitative estimate of drug-likeness (QED) is 0.795. The first kappa shape index (κ1) is 19.1. The molecule has 3 amide bonds. The Balaban J connectivity index is 1.63. The van der Waals surface area contributed by atoms with Crippen LogP contribution in [-0.2, 0) is 13.1 Å². The van der Waals surface area contributed by atoms with Gasteiger partial charge in [0.1, 0.15) is 5.69 Å². The SMILES string of the molecule is C[C@@H]1CC[C@H]1NC(=O)N1CCn2nc(-c3ccc(Cl)c(Cl)c3)c(C(N)=O)c2C1. The zero-order valence-corrected chi connectivity index (χ0v) is 16.9. The maximum absolute atomic E-state index is 12.6. The lowest BCUT2D eigenvalue weighted by atomic mass is 9.81. The predicted molar refractivity (Wildman–Crippen MR) is 107 cm³/mol. The highest BCUT2D eigenvalue weighted by Gasteiger charge is 2.33. The number of carbonyl (C=O) groups excluding carboxylic acids is 2. The molecule has 148 valence electrons. The van der Waals surface area contributed by atoms with E-state index in [0.717, 1.165) is 12.8 Å². The normalized spacial score (nSPS) is 21.0. The van der Waals surface area contributed by atoms with Gasteiger partial charge in [-0.05, 0) is 30.9 Å². The summed E-state index contributed by atoms with van der Waals surface area (Å²) in [7, 11) is 0. The van der Waals surface area contributed by atoms with Crippen molar-refractivity contribution in [3.8, 4) is 11.3 Å². The summed E-state index contributed by atoms with van der Waals surface area (Å²) in [6.45, 7) is 3.42. The largest absolute Gasteiger partial charge is 0.365 e. The van der Waals surface area contributed by atoms with Crippen molar-refractivity contribution in [3.63, 3.8) is 0 Å². The molecular weight excluding hydrogens is 401 g/mol. The molecule has 7 nitrogen and oxygen atoms in total. The summed E-state index contributed by atoms with van der Waals surface area (Å²) in [5.74, 6) is -0.0844. The fourth-order valence-corrected chi connectivity index (χ4v) is 4.02. The molecule has 0 saturated heterocycles. The summed E-state index contributed by atoms with van der Waals surface area (Å²) >= 11 is 12.1. The zero-order valence-electron chi connectivity index (χ0n) is 15.4. The molecule has 1 aliphatic heterocycles. The Hall–Kier alpha value is -2.25. The molecule has 0 bridgehead atoms. The van der Waals surface area contributed by atoms with Crippen molar-refractivity contribution in [3.05, 3.63) is 39.5 Å². The number of primary amides is 1. The van der Waals surface area contributed by atoms with Gasteiger partial charge in [0, 0.05) is 18.2 Å². The molecule has 1 aromatic heterocycles. The summed E-state index contributed by atoms with van der Waals surface area (Å²) in [5, 5.41) is 8.43. The number of amides is 3. The standard InChI is InChI=1S/C19H21Cl2N5O2/c1-10-2-5-14(10)23-19(28)25-6-7-26-15(9-25)16(18(22)27)17(24-26)11-3-4-12(20)13(21)8-11/h3-4,8,10,14H,2,5-7,9H2,1H3,(H2,22,27)(H,23,28)/t10-,14-/m1/s1. The molecular formula is C19H21Cl2N5O2. The number of hydrogen-bond donors (Lipinski definition) is 2. The van der Waals surface area contributed by atoms with Crippen LogP contribution in [0, 0.1) is 5.92 Å². The monoisotopic (exact) mass is 421 g/mol. The van der Waals surface area contributed by atoms with Gasteiger partial charge in [-0.15, -0.1) is 0 Å². The Morgan fingerprint density at radius 3 is 2.61 bits per heavy atom. The van der Waals surface area contributed by atoms with E-state index in [1.165, 1.54) is 0 Å². The maximum atomic E-state index is 12.6. The molecule has 1 saturated carbocycles. The van der Waals surface area contributed by atoms with Crippen LogP contribution < -0.4 is 11.1 Å². The van der Waals surface area contributed by atoms with Gasteiger partial charge >= 0.3 is 6.03 Å². The van der Waals surface area contributed by atoms with Crippen LogP contribution in [0.1, 0.15) is 35.8 Å². The lowest BCUT2D eigenvalue weighted by Crippen LogP contribution is -2.52. The van der Waals surface area contributed by atoms with Gasteiger partial charge in [-0.2, -0.15) is 5.10 Å². The third-order valence-corrected chi connectivity index (χ3v) is 6.37. The number of rotatable bonds is 3. The van der Waals surface area contributed by atoms with Gasteiger partial charge in [0.2, 0.25) is 0 Å². The summed E-state index contributed by atoms with van der Waals surface area (Å²) in [5.41, 5.74) is 7.73. The number of nitrogens with one attached hydrogen (secondary N) is 1. The van der Waals surface area contributed by atoms with Crippen LogP contribution in [-0.4, -0.2) is 39.2 Å². The first-order valence-corrected chi connectivity index (χ1v) is 10.0. The molecule has 2 heterocycles. The fourth-order valence-electron chi connectivity index (χ4n) is 3.73. The van der Waals surface area contributed by atoms with Gasteiger partial charge in [0.25, 0.3) is 5.91 Å². The minimum atomic E-state index is -0.586. The number of nitrogens with zero attached hydrogens (tertiary/aromatic N) is 3. The summed E-state index contributed by atoms with van der Waals surface area (Å²) in [4.78, 5) is 26.6. The van der Waals surface area contributed by atoms with E-state index in [-0.39, 0.29) is 18.6 Å². The summed E-state index contributed by atoms with van der Waals surface area (Å²) in [6.07, 6.45) is 2.14. The van der Waals surface area contributed by atoms with Crippen molar-refractivity contribution in [2.45, 2.75) is 38.9 Å². The van der Waals surface area contributed by atoms with E-state index in [1.54, 1.807) is 27.8 Å². The molecule has 9 heteroatoms. The van der Waals surface area contributed by atoms with Gasteiger partial charge in [0.15, 0.2) is 0 Å². The maximum Gasteiger partial charge on any atom is 0.318 e. The molecule has 2 aliphatic rings. The molecule has 1 fully saturated rings. The molecule has 0 unspecified atom stereocenters. The summed E-state index contributed by atoms with van der Waals surface area (Å²) < 4.78 is 1.74. The van der Waals surface area contributed by atoms with Crippen LogP contribution in [0.25, 0.3) is 11.3 Å². The van der Waals surface area contributed by atoms with Gasteiger partial charge in [-0.3, -0.25) is 9.48 Å². The van der Waals surface area contributed by atoms with Crippen molar-refractivity contribution < 1.29 is 9.59 Å². The van der Waals surface area contributed by atoms with Crippen LogP contribution in [0.3, 0.4) is 0 Å². The number of fused-ring (bicyclic) bond motifs is 1. The molecule has 2 atom stereocenters. The predicted octanol–water partition coefficient (Wildman–Crippen LogP) is 3.28. The van der Waals surface area contributed by atoms with Crippen molar-refractivity contribution >= 4 is 35.1 Å². The summed E-state index contributed by atoms with van der Waals surface area (Å²) in [6, 6.07) is 5.17. The van der Waals surface area contributed by atoms with Gasteiger partial charge < -0.3 is 16.0 Å². The first-order chi connectivity index (χ1) is 13.3. The van der Waals surface area contributed by atoms with E-state index in [1.807, 2.05) is 0 Å². The average molecular weight is 422 g/mol. The highest BCUT2D eigenvalue weighted by atomic mass is 35.5. The topological polar surface area (TPSA) is 93.2 Å². The lowest BCUT2D eigenvalue weighted by molar-refractivity contribution is 0.0997. The smallest absolute Gasteiger partial charge is 0.318 e. The van der Waals surface area contributed by atoms with E-state index >= 15 is 0 Å². The average Bonchev–Trinajstić information content (AvgIpc) is 3.05. The Morgan fingerprint density at radius 1 is 1.21 bits per heavy atom. The third kappa shape index (κ3) is 3.33. The van der Waals surface area contributed by atoms with E-state index in [9.17, 15) is 9.59 Å². The number of urea groups is 1. The van der Waals surface area contributed by atoms with Gasteiger partial charge in [-0.1, -0.05) is 36.2 Å². The van der Waals surface area contributed by atoms with Crippen molar-refractivity contribution in [2.24, 2.45) is 11.7 Å². The minimum absolute atomic E-state index is 0.115. The number of nitrogens with two attached hydrogens (primary N) is 1. The Labute approximate surface area is 172 Å². The van der Waals surface area contributed by atoms with Crippen LogP contribution in [0.15, 0.2) is 18.2 Å². The Morgan fingerprint density at radius 2 is 2.00 bits per heavy atom. The first-order valence-electron chi connectivity index (χ1n) is 9.25. The molecule has 4 rings (SSSR count). The second kappa shape index (κ2) is 7.29. The number of carbonyl (C=O) groups is 2. The Bertz CT molecular complexity index is 958. The van der Waals surface area contributed by atoms with Crippen LogP contribution >= 0.6 is 23.2 Å². The lowest BCUT2D eigenvalue weighted by Gasteiger charge is -2.37. The number of benzene rings is 1. The number of hydrogen-bond acceptors (Lipinski definition) is 3. The molecule has 0 spiro atoms. The third-order valence-electron chi connectivity index (χ3n) is 5.64. The fraction of sp³-hybridized carbons (Fsp3) is 0.421. The molecule has 1 aromatic carbocycles. The highest BCUT2D eigenvalue weighted by Crippen LogP contribution is 2.32. The molecule has 28 heavy (non-hydrogen) atoms. The van der Waals surface area contributed by atoms with Crippen molar-refractivity contribution in [1.82, 2.24) is 20.0 Å². The molecule has 3 N–H and O–H groups in total. The Kier molecular flexibility index (Phi) is 4.97. The highest BCUT2D eigenvalue weighted by molar-refractivity contribution is 6.42. The molecule has 2 aromatic rings. The van der Waals surface area contributed by atoms with Crippen LogP contribution in [0.2, 0.25) is 10.0 Å². The van der Waals surface area contributed by atoms with Crippen LogP contribution in [0.4, 0.5) is 4.79 Å². The van der Waals surface area contributed by atoms with E-state index in [2.05, 4.69) is 17.3 Å². The second-order valence-electron chi connectivity index (χ2n) is 7.42. The van der Waals surface area contributed by atoms with Crippen molar-refractivity contribution in [2.75, 3.05) is 6.54 Å². The van der Waals surface area contributed by atoms with E-state index in [0.29, 0.717) is 51.6 Å². The number of aromatic nitrogens is 2. The van der Waals surface area contributed by atoms with E-state index < -0.39 is 5.91 Å². The van der Waals surface area contributed by atoms with Gasteiger partial charge in [0.05, 0.1) is 34.4 Å². The molecule has 0 radical (unpaired) electrons. The second-order valence-corrected chi connectivity index (χ2v) is 8.23. The van der Waals surface area contributed by atoms with E-state index in [4.69, 9.17) is 28.9 Å². The van der Waals surface area contributed by atoms with Gasteiger partial charge in [-0.25, -0.2) is 4.79 Å². The van der Waals surface area contributed by atoms with Crippen LogP contribution in [0.5, 0.6) is 0 Å².